The summed E-state index contributed by atoms with van der Waals surface area (Å²) in [6.07, 6.45) is 1.79. The van der Waals surface area contributed by atoms with Gasteiger partial charge in [0.1, 0.15) is 12.4 Å². The Labute approximate surface area is 162 Å². The van der Waals surface area contributed by atoms with E-state index in [0.717, 1.165) is 17.7 Å². The van der Waals surface area contributed by atoms with Gasteiger partial charge in [-0.1, -0.05) is 35.3 Å². The van der Waals surface area contributed by atoms with E-state index in [1.165, 1.54) is 0 Å². The van der Waals surface area contributed by atoms with E-state index in [1.54, 1.807) is 12.1 Å². The number of benzene rings is 2. The van der Waals surface area contributed by atoms with Crippen LogP contribution in [0.4, 0.5) is 0 Å². The fraction of sp³-hybridized carbons (Fsp3) is 0.350. The molecular weight excluding hydrogens is 373 g/mol. The van der Waals surface area contributed by atoms with Crippen LogP contribution in [0.5, 0.6) is 5.75 Å². The van der Waals surface area contributed by atoms with Crippen molar-refractivity contribution in [2.75, 3.05) is 13.2 Å². The molecule has 0 N–H and O–H groups in total. The molecule has 0 unspecified atom stereocenters. The number of carbonyl (C=O) groups excluding carboxylic acids is 1. The van der Waals surface area contributed by atoms with E-state index in [1.807, 2.05) is 41.3 Å². The highest BCUT2D eigenvalue weighted by molar-refractivity contribution is 6.30. The molecule has 1 amide bonds. The lowest BCUT2D eigenvalue weighted by Gasteiger charge is -2.45. The smallest absolute Gasteiger partial charge is 0.225 e. The summed E-state index contributed by atoms with van der Waals surface area (Å²) < 4.78 is 12.3. The van der Waals surface area contributed by atoms with Crippen molar-refractivity contribution in [2.45, 2.75) is 31.1 Å². The topological polar surface area (TPSA) is 38.8 Å². The molecule has 2 aliphatic heterocycles. The van der Waals surface area contributed by atoms with Gasteiger partial charge in [-0.05, 0) is 42.8 Å². The van der Waals surface area contributed by atoms with Crippen LogP contribution in [-0.2, 0) is 15.3 Å². The fourth-order valence-corrected chi connectivity index (χ4v) is 3.95. The van der Waals surface area contributed by atoms with Crippen LogP contribution in [-0.4, -0.2) is 30.1 Å². The summed E-state index contributed by atoms with van der Waals surface area (Å²) in [4.78, 5) is 14.2. The summed E-state index contributed by atoms with van der Waals surface area (Å²) in [5.41, 5.74) is 0.248. The molecule has 0 spiro atoms. The van der Waals surface area contributed by atoms with E-state index in [9.17, 15) is 4.79 Å². The third-order valence-corrected chi connectivity index (χ3v) is 5.50. The first-order valence-electron chi connectivity index (χ1n) is 8.69. The van der Waals surface area contributed by atoms with Gasteiger partial charge in [-0.2, -0.15) is 0 Å². The molecule has 2 aromatic rings. The van der Waals surface area contributed by atoms with E-state index in [2.05, 4.69) is 0 Å². The highest BCUT2D eigenvalue weighted by Crippen LogP contribution is 2.44. The normalized spacial score (nSPS) is 25.2. The van der Waals surface area contributed by atoms with Crippen LogP contribution in [0, 0.1) is 0 Å². The second kappa shape index (κ2) is 7.10. The van der Waals surface area contributed by atoms with Gasteiger partial charge in [0, 0.05) is 35.0 Å². The summed E-state index contributed by atoms with van der Waals surface area (Å²) in [6, 6.07) is 14.8. The predicted molar refractivity (Wildman–Crippen MR) is 101 cm³/mol. The lowest BCUT2D eigenvalue weighted by Crippen LogP contribution is -2.53. The second-order valence-electron chi connectivity index (χ2n) is 6.63. The van der Waals surface area contributed by atoms with E-state index in [0.29, 0.717) is 36.0 Å². The lowest BCUT2D eigenvalue weighted by atomic mass is 9.97. The van der Waals surface area contributed by atoms with Crippen molar-refractivity contribution in [3.05, 3.63) is 64.1 Å². The van der Waals surface area contributed by atoms with E-state index >= 15 is 0 Å². The number of nitrogens with zero attached hydrogens (tertiary/aromatic N) is 1. The van der Waals surface area contributed by atoms with Gasteiger partial charge in [0.15, 0.2) is 5.72 Å². The third kappa shape index (κ3) is 3.29. The Hall–Kier alpha value is -1.75. The summed E-state index contributed by atoms with van der Waals surface area (Å²) in [5.74, 6) is 0.889. The molecular formula is C20H19Cl2NO3. The molecule has 136 valence electrons. The van der Waals surface area contributed by atoms with Gasteiger partial charge in [0.05, 0.1) is 6.10 Å². The van der Waals surface area contributed by atoms with Gasteiger partial charge in [-0.25, -0.2) is 0 Å². The van der Waals surface area contributed by atoms with Crippen LogP contribution in [0.15, 0.2) is 48.5 Å². The first kappa shape index (κ1) is 17.7. The fourth-order valence-electron chi connectivity index (χ4n) is 3.70. The molecule has 2 heterocycles. The third-order valence-electron chi connectivity index (χ3n) is 5.00. The van der Waals surface area contributed by atoms with Gasteiger partial charge in [-0.3, -0.25) is 4.79 Å². The molecule has 2 atom stereocenters. The summed E-state index contributed by atoms with van der Waals surface area (Å²) in [6.45, 7) is 1.09. The molecule has 2 aliphatic rings. The zero-order valence-electron chi connectivity index (χ0n) is 14.2. The van der Waals surface area contributed by atoms with Crippen molar-refractivity contribution in [1.82, 2.24) is 4.90 Å². The largest absolute Gasteiger partial charge is 0.491 e. The van der Waals surface area contributed by atoms with Crippen LogP contribution in [0.3, 0.4) is 0 Å². The highest BCUT2D eigenvalue weighted by Gasteiger charge is 2.51. The molecule has 4 rings (SSSR count). The van der Waals surface area contributed by atoms with E-state index < -0.39 is 5.72 Å². The molecule has 2 fully saturated rings. The molecule has 2 saturated heterocycles. The van der Waals surface area contributed by atoms with Gasteiger partial charge in [0.2, 0.25) is 5.91 Å². The van der Waals surface area contributed by atoms with Crippen molar-refractivity contribution in [1.29, 1.82) is 0 Å². The lowest BCUT2D eigenvalue weighted by molar-refractivity contribution is -0.216. The molecule has 2 aromatic carbocycles. The maximum absolute atomic E-state index is 12.3. The van der Waals surface area contributed by atoms with Crippen LogP contribution in [0.25, 0.3) is 0 Å². The molecule has 0 saturated carbocycles. The number of rotatable bonds is 4. The summed E-state index contributed by atoms with van der Waals surface area (Å²) >= 11 is 11.9. The summed E-state index contributed by atoms with van der Waals surface area (Å²) in [5, 5.41) is 1.34. The molecule has 0 aromatic heterocycles. The number of fused-ring (bicyclic) bond motifs is 1. The number of hydrogen-bond acceptors (Lipinski definition) is 3. The molecule has 0 radical (unpaired) electrons. The second-order valence-corrected chi connectivity index (χ2v) is 7.50. The van der Waals surface area contributed by atoms with E-state index in [-0.39, 0.29) is 12.0 Å². The number of halogens is 2. The molecule has 0 bridgehead atoms. The van der Waals surface area contributed by atoms with Gasteiger partial charge < -0.3 is 14.4 Å². The maximum atomic E-state index is 12.3. The maximum Gasteiger partial charge on any atom is 0.225 e. The Bertz CT molecular complexity index is 794. The first-order chi connectivity index (χ1) is 12.6. The van der Waals surface area contributed by atoms with Crippen molar-refractivity contribution in [2.24, 2.45) is 0 Å². The van der Waals surface area contributed by atoms with Crippen LogP contribution in [0.2, 0.25) is 10.0 Å². The van der Waals surface area contributed by atoms with Gasteiger partial charge in [-0.15, -0.1) is 0 Å². The van der Waals surface area contributed by atoms with Crippen molar-refractivity contribution in [3.63, 3.8) is 0 Å². The van der Waals surface area contributed by atoms with Crippen molar-refractivity contribution < 1.29 is 14.3 Å². The Morgan fingerprint density at radius 3 is 2.42 bits per heavy atom. The van der Waals surface area contributed by atoms with Gasteiger partial charge >= 0.3 is 0 Å². The predicted octanol–water partition coefficient (Wildman–Crippen LogP) is 4.64. The van der Waals surface area contributed by atoms with E-state index in [4.69, 9.17) is 32.7 Å². The Morgan fingerprint density at radius 2 is 1.73 bits per heavy atom. The van der Waals surface area contributed by atoms with Crippen molar-refractivity contribution in [3.8, 4) is 5.75 Å². The zero-order valence-corrected chi connectivity index (χ0v) is 15.7. The Balaban J connectivity index is 1.52. The Kier molecular flexibility index (Phi) is 4.82. The molecule has 0 aliphatic carbocycles. The first-order valence-corrected chi connectivity index (χ1v) is 9.45. The van der Waals surface area contributed by atoms with Crippen LogP contribution < -0.4 is 4.74 Å². The van der Waals surface area contributed by atoms with Crippen LogP contribution >= 0.6 is 23.2 Å². The zero-order chi connectivity index (χ0) is 18.1. The van der Waals surface area contributed by atoms with Gasteiger partial charge in [0.25, 0.3) is 0 Å². The van der Waals surface area contributed by atoms with Crippen LogP contribution in [0.1, 0.15) is 24.8 Å². The quantitative estimate of drug-likeness (QED) is 0.761. The minimum absolute atomic E-state index is 0.0940. The number of hydrogen-bond donors (Lipinski definition) is 0. The Morgan fingerprint density at radius 1 is 1.08 bits per heavy atom. The molecule has 4 nitrogen and oxygen atoms in total. The summed E-state index contributed by atoms with van der Waals surface area (Å²) in [7, 11) is 0. The standard InChI is InChI=1S/C20H19Cl2NO3/c21-15-3-1-14(2-4-15)20-11-9-19(24)23(20)12-10-18(26-20)13-25-17-7-5-16(22)6-8-17/h1-8,18H,9-13H2/t18-,20+/m0/s1. The number of carbonyl (C=O) groups is 1. The monoisotopic (exact) mass is 391 g/mol. The van der Waals surface area contributed by atoms with Crippen molar-refractivity contribution >= 4 is 29.1 Å². The molecule has 26 heavy (non-hydrogen) atoms. The highest BCUT2D eigenvalue weighted by atomic mass is 35.5. The SMILES string of the molecule is O=C1CC[C@]2(c3ccc(Cl)cc3)O[C@H](COc3ccc(Cl)cc3)CCN12. The minimum Gasteiger partial charge on any atom is -0.491 e. The number of ether oxygens (including phenoxy) is 2. The minimum atomic E-state index is -0.714. The average Bonchev–Trinajstić information content (AvgIpc) is 2.99. The average molecular weight is 392 g/mol. The molecule has 6 heteroatoms. The number of amides is 1.